The van der Waals surface area contributed by atoms with Crippen LogP contribution in [0.25, 0.3) is 33.1 Å². The first-order chi connectivity index (χ1) is 17.2. The maximum Gasteiger partial charge on any atom is 0.204 e. The molecule has 5 aromatic rings. The van der Waals surface area contributed by atoms with Gasteiger partial charge in [-0.05, 0) is 18.2 Å². The summed E-state index contributed by atoms with van der Waals surface area (Å²) in [5.41, 5.74) is -1.87. The number of fused-ring (bicyclic) bond motifs is 2. The first-order valence-corrected chi connectivity index (χ1v) is 10.6. The van der Waals surface area contributed by atoms with E-state index in [-0.39, 0.29) is 44.7 Å². The highest BCUT2D eigenvalue weighted by Gasteiger charge is 2.29. The van der Waals surface area contributed by atoms with E-state index >= 15 is 0 Å². The molecular formula is C27H18O9. The number of benzene rings is 4. The summed E-state index contributed by atoms with van der Waals surface area (Å²) in [5.74, 6) is -3.95. The van der Waals surface area contributed by atoms with Gasteiger partial charge in [-0.3, -0.25) is 9.59 Å². The number of rotatable bonds is 4. The normalized spacial score (nSPS) is 11.1. The van der Waals surface area contributed by atoms with Crippen LogP contribution in [-0.4, -0.2) is 38.4 Å². The molecule has 36 heavy (non-hydrogen) atoms. The molecule has 0 aliphatic heterocycles. The summed E-state index contributed by atoms with van der Waals surface area (Å²) in [6.07, 6.45) is 0. The van der Waals surface area contributed by atoms with Crippen LogP contribution in [0, 0.1) is 0 Å². The molecule has 0 fully saturated rings. The molecule has 180 valence electrons. The maximum atomic E-state index is 13.2. The van der Waals surface area contributed by atoms with Gasteiger partial charge in [0.2, 0.25) is 11.2 Å². The van der Waals surface area contributed by atoms with Gasteiger partial charge >= 0.3 is 0 Å². The molecule has 0 amide bonds. The predicted octanol–water partition coefficient (Wildman–Crippen LogP) is 4.38. The number of ether oxygens (including phenoxy) is 1. The van der Waals surface area contributed by atoms with Crippen LogP contribution in [-0.2, 0) is 0 Å². The summed E-state index contributed by atoms with van der Waals surface area (Å²) in [7, 11) is 1.25. The fourth-order valence-corrected chi connectivity index (χ4v) is 4.20. The van der Waals surface area contributed by atoms with Gasteiger partial charge in [0.25, 0.3) is 0 Å². The van der Waals surface area contributed by atoms with Gasteiger partial charge in [-0.1, -0.05) is 36.4 Å². The topological polar surface area (TPSA) is 158 Å². The second kappa shape index (κ2) is 8.24. The quantitative estimate of drug-likeness (QED) is 0.141. The lowest BCUT2D eigenvalue weighted by Gasteiger charge is -2.17. The zero-order valence-corrected chi connectivity index (χ0v) is 18.6. The fourth-order valence-electron chi connectivity index (χ4n) is 4.20. The molecular weight excluding hydrogens is 468 g/mol. The Hall–Kier alpha value is -5.18. The van der Waals surface area contributed by atoms with Crippen LogP contribution in [0.15, 0.2) is 69.9 Å². The van der Waals surface area contributed by atoms with Crippen LogP contribution in [0.4, 0.5) is 0 Å². The molecule has 0 bridgehead atoms. The van der Waals surface area contributed by atoms with Crippen LogP contribution < -0.4 is 10.2 Å². The smallest absolute Gasteiger partial charge is 0.204 e. The van der Waals surface area contributed by atoms with E-state index in [1.807, 2.05) is 0 Å². The number of phenols is 5. The third-order valence-corrected chi connectivity index (χ3v) is 5.90. The van der Waals surface area contributed by atoms with Gasteiger partial charge in [-0.2, -0.15) is 0 Å². The molecule has 0 saturated carbocycles. The lowest BCUT2D eigenvalue weighted by atomic mass is 9.93. The first kappa shape index (κ1) is 22.6. The van der Waals surface area contributed by atoms with Crippen LogP contribution in [0.1, 0.15) is 15.9 Å². The van der Waals surface area contributed by atoms with Gasteiger partial charge in [0.05, 0.1) is 18.1 Å². The molecule has 1 heterocycles. The van der Waals surface area contributed by atoms with Crippen molar-refractivity contribution >= 4 is 27.7 Å². The highest BCUT2D eigenvalue weighted by Crippen LogP contribution is 2.50. The van der Waals surface area contributed by atoms with Crippen molar-refractivity contribution in [3.63, 3.8) is 0 Å². The molecule has 0 spiro atoms. The minimum Gasteiger partial charge on any atom is -0.507 e. The van der Waals surface area contributed by atoms with E-state index in [0.717, 1.165) is 12.1 Å². The number of ketones is 1. The Labute approximate surface area is 202 Å². The summed E-state index contributed by atoms with van der Waals surface area (Å²) in [5, 5.41) is 52.6. The number of hydrogen-bond donors (Lipinski definition) is 5. The average molecular weight is 486 g/mol. The molecule has 5 N–H and O–H groups in total. The Balaban J connectivity index is 1.93. The number of para-hydroxylation sites is 1. The average Bonchev–Trinajstić information content (AvgIpc) is 2.87. The van der Waals surface area contributed by atoms with Crippen molar-refractivity contribution in [3.05, 3.63) is 82.0 Å². The lowest BCUT2D eigenvalue weighted by Crippen LogP contribution is -2.06. The van der Waals surface area contributed by atoms with E-state index in [1.54, 1.807) is 18.2 Å². The number of phenolic OH excluding ortho intramolecular Hbond substituents is 5. The first-order valence-electron chi connectivity index (χ1n) is 10.6. The van der Waals surface area contributed by atoms with Gasteiger partial charge < -0.3 is 34.7 Å². The van der Waals surface area contributed by atoms with Crippen LogP contribution in [0.3, 0.4) is 0 Å². The van der Waals surface area contributed by atoms with Crippen molar-refractivity contribution in [3.8, 4) is 45.6 Å². The fraction of sp³-hybridized carbons (Fsp3) is 0.0370. The Morgan fingerprint density at radius 3 is 2.22 bits per heavy atom. The van der Waals surface area contributed by atoms with E-state index in [2.05, 4.69) is 0 Å². The summed E-state index contributed by atoms with van der Waals surface area (Å²) >= 11 is 0. The van der Waals surface area contributed by atoms with Crippen LogP contribution in [0.2, 0.25) is 0 Å². The van der Waals surface area contributed by atoms with Crippen molar-refractivity contribution in [1.82, 2.24) is 0 Å². The largest absolute Gasteiger partial charge is 0.507 e. The molecule has 4 aromatic carbocycles. The standard InChI is InChI=1S/C27H18O9/c1-35-18-11-16(29)20(22(31)12-6-3-2-4-7-12)25(34)19(18)14-10-17(30)24(33)21-23(32)13-8-5-9-15(28)26(13)36-27(14)21/h2-11,28-30,33-34H,1H3. The second-order valence-corrected chi connectivity index (χ2v) is 7.97. The minimum absolute atomic E-state index is 0.0591. The van der Waals surface area contributed by atoms with E-state index in [9.17, 15) is 35.1 Å². The molecule has 0 aliphatic carbocycles. The summed E-state index contributed by atoms with van der Waals surface area (Å²) in [6.45, 7) is 0. The van der Waals surface area contributed by atoms with E-state index in [0.29, 0.717) is 0 Å². The summed E-state index contributed by atoms with van der Waals surface area (Å²) < 4.78 is 11.1. The highest BCUT2D eigenvalue weighted by atomic mass is 16.5. The Morgan fingerprint density at radius 2 is 1.53 bits per heavy atom. The molecule has 0 aliphatic rings. The van der Waals surface area contributed by atoms with E-state index in [1.165, 1.54) is 37.4 Å². The maximum absolute atomic E-state index is 13.2. The molecule has 5 rings (SSSR count). The van der Waals surface area contributed by atoms with Gasteiger partial charge in [0, 0.05) is 17.2 Å². The monoisotopic (exact) mass is 486 g/mol. The van der Waals surface area contributed by atoms with E-state index < -0.39 is 45.2 Å². The van der Waals surface area contributed by atoms with Crippen LogP contribution >= 0.6 is 0 Å². The van der Waals surface area contributed by atoms with Crippen molar-refractivity contribution in [2.24, 2.45) is 0 Å². The minimum atomic E-state index is -0.773. The second-order valence-electron chi connectivity index (χ2n) is 7.97. The summed E-state index contributed by atoms with van der Waals surface area (Å²) in [4.78, 5) is 26.4. The molecule has 9 heteroatoms. The van der Waals surface area contributed by atoms with Crippen molar-refractivity contribution < 1.29 is 39.5 Å². The lowest BCUT2D eigenvalue weighted by molar-refractivity contribution is 0.103. The van der Waals surface area contributed by atoms with E-state index in [4.69, 9.17) is 9.15 Å². The SMILES string of the molecule is COc1cc(O)c(C(=O)c2ccccc2)c(O)c1-c1cc(O)c(O)c2c(=O)c3cccc(O)c3oc12. The van der Waals surface area contributed by atoms with Crippen molar-refractivity contribution in [2.75, 3.05) is 7.11 Å². The number of aromatic hydroxyl groups is 5. The van der Waals surface area contributed by atoms with Gasteiger partial charge in [-0.25, -0.2) is 0 Å². The molecule has 0 radical (unpaired) electrons. The number of methoxy groups -OCH3 is 1. The zero-order valence-electron chi connectivity index (χ0n) is 18.6. The third kappa shape index (κ3) is 3.25. The van der Waals surface area contributed by atoms with Gasteiger partial charge in [0.15, 0.2) is 28.4 Å². The Morgan fingerprint density at radius 1 is 0.806 bits per heavy atom. The molecule has 9 nitrogen and oxygen atoms in total. The van der Waals surface area contributed by atoms with Gasteiger partial charge in [-0.15, -0.1) is 0 Å². The van der Waals surface area contributed by atoms with Crippen molar-refractivity contribution in [1.29, 1.82) is 0 Å². The molecule has 0 atom stereocenters. The Bertz CT molecular complexity index is 1750. The Kier molecular flexibility index (Phi) is 5.17. The molecule has 0 saturated heterocycles. The van der Waals surface area contributed by atoms with Gasteiger partial charge in [0.1, 0.15) is 28.2 Å². The predicted molar refractivity (Wildman–Crippen MR) is 130 cm³/mol. The summed E-state index contributed by atoms with van der Waals surface area (Å²) in [6, 6.07) is 14.1. The van der Waals surface area contributed by atoms with Crippen LogP contribution in [0.5, 0.6) is 34.5 Å². The molecule has 1 aromatic heterocycles. The number of hydrogen-bond acceptors (Lipinski definition) is 9. The zero-order chi connectivity index (χ0) is 25.7. The number of carbonyl (C=O) groups excluding carboxylic acids is 1. The number of carbonyl (C=O) groups is 1. The van der Waals surface area contributed by atoms with Crippen molar-refractivity contribution in [2.45, 2.75) is 0 Å². The molecule has 0 unspecified atom stereocenters. The third-order valence-electron chi connectivity index (χ3n) is 5.90. The highest BCUT2D eigenvalue weighted by molar-refractivity contribution is 6.15.